The van der Waals surface area contributed by atoms with Crippen molar-refractivity contribution in [1.29, 1.82) is 0 Å². The highest BCUT2D eigenvalue weighted by Crippen LogP contribution is 2.51. The van der Waals surface area contributed by atoms with Crippen LogP contribution >= 0.6 is 23.5 Å². The second kappa shape index (κ2) is 7.16. The van der Waals surface area contributed by atoms with Crippen molar-refractivity contribution < 1.29 is 9.53 Å². The maximum Gasteiger partial charge on any atom is 0.337 e. The van der Waals surface area contributed by atoms with Crippen LogP contribution in [0.4, 0.5) is 0 Å². The molecule has 1 fully saturated rings. The van der Waals surface area contributed by atoms with Gasteiger partial charge in [-0.15, -0.1) is 23.5 Å². The molecule has 0 atom stereocenters. The Morgan fingerprint density at radius 3 is 2.30 bits per heavy atom. The Morgan fingerprint density at radius 2 is 1.70 bits per heavy atom. The lowest BCUT2D eigenvalue weighted by molar-refractivity contribution is 0.0601. The summed E-state index contributed by atoms with van der Waals surface area (Å²) in [5.41, 5.74) is 2.69. The number of carbonyl (C=O) groups is 1. The molecule has 0 N–H and O–H groups in total. The van der Waals surface area contributed by atoms with E-state index in [1.165, 1.54) is 12.7 Å². The number of benzene rings is 2. The highest BCUT2D eigenvalue weighted by atomic mass is 32.2. The van der Waals surface area contributed by atoms with Gasteiger partial charge in [-0.05, 0) is 29.8 Å². The van der Waals surface area contributed by atoms with Gasteiger partial charge >= 0.3 is 5.97 Å². The zero-order chi connectivity index (χ0) is 16.1. The molecule has 1 aliphatic heterocycles. The van der Waals surface area contributed by atoms with Crippen LogP contribution in [0.3, 0.4) is 0 Å². The van der Waals surface area contributed by atoms with E-state index >= 15 is 0 Å². The van der Waals surface area contributed by atoms with Crippen LogP contribution in [0.5, 0.6) is 0 Å². The van der Waals surface area contributed by atoms with Crippen LogP contribution in [-0.2, 0) is 8.82 Å². The number of methoxy groups -OCH3 is 1. The van der Waals surface area contributed by atoms with Gasteiger partial charge in [-0.3, -0.25) is 0 Å². The SMILES string of the molecule is COC(=O)c1ccc(C#CC2(c3ccccc3)SCCS2)cc1. The fourth-order valence-corrected chi connectivity index (χ4v) is 5.27. The van der Waals surface area contributed by atoms with Crippen LogP contribution in [-0.4, -0.2) is 24.6 Å². The van der Waals surface area contributed by atoms with E-state index in [-0.39, 0.29) is 10.0 Å². The Morgan fingerprint density at radius 1 is 1.04 bits per heavy atom. The number of thioether (sulfide) groups is 2. The van der Waals surface area contributed by atoms with Crippen LogP contribution in [0.1, 0.15) is 21.5 Å². The van der Waals surface area contributed by atoms with E-state index in [1.54, 1.807) is 12.1 Å². The summed E-state index contributed by atoms with van der Waals surface area (Å²) < 4.78 is 4.52. The third-order valence-corrected chi connectivity index (χ3v) is 6.80. The maximum atomic E-state index is 11.5. The van der Waals surface area contributed by atoms with Gasteiger partial charge in [0.15, 0.2) is 0 Å². The van der Waals surface area contributed by atoms with Crippen molar-refractivity contribution in [3.8, 4) is 11.8 Å². The molecule has 0 amide bonds. The minimum Gasteiger partial charge on any atom is -0.465 e. The predicted octanol–water partition coefficient (Wildman–Crippen LogP) is 4.16. The lowest BCUT2D eigenvalue weighted by Crippen LogP contribution is -2.11. The van der Waals surface area contributed by atoms with Gasteiger partial charge in [0, 0.05) is 17.1 Å². The van der Waals surface area contributed by atoms with Gasteiger partial charge in [0.2, 0.25) is 0 Å². The lowest BCUT2D eigenvalue weighted by Gasteiger charge is -2.21. The Balaban J connectivity index is 1.88. The molecule has 0 unspecified atom stereocenters. The summed E-state index contributed by atoms with van der Waals surface area (Å²) >= 11 is 3.78. The molecule has 3 rings (SSSR count). The Kier molecular flexibility index (Phi) is 5.00. The van der Waals surface area contributed by atoms with Gasteiger partial charge in [0.25, 0.3) is 0 Å². The monoisotopic (exact) mass is 340 g/mol. The van der Waals surface area contributed by atoms with Crippen molar-refractivity contribution in [3.63, 3.8) is 0 Å². The second-order valence-corrected chi connectivity index (χ2v) is 7.88. The van der Waals surface area contributed by atoms with Crippen molar-refractivity contribution in [3.05, 3.63) is 71.3 Å². The average molecular weight is 340 g/mol. The molecule has 1 heterocycles. The van der Waals surface area contributed by atoms with Crippen LogP contribution in [0, 0.1) is 11.8 Å². The van der Waals surface area contributed by atoms with E-state index in [0.29, 0.717) is 5.56 Å². The van der Waals surface area contributed by atoms with Crippen LogP contribution in [0.2, 0.25) is 0 Å². The lowest BCUT2D eigenvalue weighted by atomic mass is 10.1. The van der Waals surface area contributed by atoms with Crippen LogP contribution in [0.25, 0.3) is 0 Å². The zero-order valence-electron chi connectivity index (χ0n) is 12.7. The molecule has 1 aliphatic rings. The third-order valence-electron chi connectivity index (χ3n) is 3.53. The Bertz CT molecular complexity index is 736. The molecule has 0 saturated carbocycles. The number of ether oxygens (including phenoxy) is 1. The van der Waals surface area contributed by atoms with Gasteiger partial charge < -0.3 is 4.74 Å². The predicted molar refractivity (Wildman–Crippen MR) is 97.7 cm³/mol. The highest BCUT2D eigenvalue weighted by molar-refractivity contribution is 8.21. The normalized spacial score (nSPS) is 15.5. The topological polar surface area (TPSA) is 26.3 Å². The number of hydrogen-bond acceptors (Lipinski definition) is 4. The van der Waals surface area contributed by atoms with E-state index in [2.05, 4.69) is 36.1 Å². The Hall–Kier alpha value is -1.83. The maximum absolute atomic E-state index is 11.5. The summed E-state index contributed by atoms with van der Waals surface area (Å²) in [4.78, 5) is 11.5. The first-order chi connectivity index (χ1) is 11.2. The highest BCUT2D eigenvalue weighted by Gasteiger charge is 2.35. The molecule has 1 saturated heterocycles. The van der Waals surface area contributed by atoms with E-state index in [4.69, 9.17) is 4.74 Å². The van der Waals surface area contributed by atoms with Crippen molar-refractivity contribution in [2.45, 2.75) is 4.08 Å². The minimum absolute atomic E-state index is 0.192. The standard InChI is InChI=1S/C19H16O2S2/c1-21-18(20)16-9-7-15(8-10-16)11-12-19(22-13-14-23-19)17-5-3-2-4-6-17/h2-10H,13-14H2,1H3. The molecular formula is C19H16O2S2. The van der Waals surface area contributed by atoms with E-state index < -0.39 is 0 Å². The largest absolute Gasteiger partial charge is 0.465 e. The number of carbonyl (C=O) groups excluding carboxylic acids is 1. The van der Waals surface area contributed by atoms with Crippen molar-refractivity contribution in [2.75, 3.05) is 18.6 Å². The summed E-state index contributed by atoms with van der Waals surface area (Å²) in [5, 5.41) is 0. The van der Waals surface area contributed by atoms with Gasteiger partial charge in [-0.25, -0.2) is 4.79 Å². The molecule has 0 spiro atoms. The first kappa shape index (κ1) is 16.0. The molecule has 0 aromatic heterocycles. The second-order valence-electron chi connectivity index (χ2n) is 5.00. The van der Waals surface area contributed by atoms with E-state index in [9.17, 15) is 4.79 Å². The summed E-state index contributed by atoms with van der Waals surface area (Å²) in [6.45, 7) is 0. The van der Waals surface area contributed by atoms with Crippen LogP contribution in [0.15, 0.2) is 54.6 Å². The molecule has 116 valence electrons. The molecule has 4 heteroatoms. The molecule has 2 aromatic rings. The Labute approximate surface area is 145 Å². The molecule has 2 aromatic carbocycles. The number of hydrogen-bond donors (Lipinski definition) is 0. The van der Waals surface area contributed by atoms with E-state index in [1.807, 2.05) is 41.7 Å². The minimum atomic E-state index is -0.327. The van der Waals surface area contributed by atoms with Crippen molar-refractivity contribution in [2.24, 2.45) is 0 Å². The first-order valence-corrected chi connectivity index (χ1v) is 9.26. The van der Waals surface area contributed by atoms with Crippen LogP contribution < -0.4 is 0 Å². The van der Waals surface area contributed by atoms with Crippen molar-refractivity contribution in [1.82, 2.24) is 0 Å². The third kappa shape index (κ3) is 3.57. The first-order valence-electron chi connectivity index (χ1n) is 7.28. The number of rotatable bonds is 2. The summed E-state index contributed by atoms with van der Waals surface area (Å²) in [5.74, 6) is 8.60. The van der Waals surface area contributed by atoms with Crippen molar-refractivity contribution >= 4 is 29.5 Å². The van der Waals surface area contributed by atoms with E-state index in [0.717, 1.165) is 17.1 Å². The fraction of sp³-hybridized carbons (Fsp3) is 0.211. The van der Waals surface area contributed by atoms with Gasteiger partial charge in [-0.2, -0.15) is 0 Å². The summed E-state index contributed by atoms with van der Waals surface area (Å²) in [7, 11) is 1.38. The molecule has 0 radical (unpaired) electrons. The molecule has 23 heavy (non-hydrogen) atoms. The summed E-state index contributed by atoms with van der Waals surface area (Å²) in [6, 6.07) is 17.7. The molecule has 2 nitrogen and oxygen atoms in total. The molecule has 0 aliphatic carbocycles. The van der Waals surface area contributed by atoms with Gasteiger partial charge in [0.05, 0.1) is 12.7 Å². The van der Waals surface area contributed by atoms with Gasteiger partial charge in [0.1, 0.15) is 4.08 Å². The smallest absolute Gasteiger partial charge is 0.337 e. The summed E-state index contributed by atoms with van der Waals surface area (Å²) in [6.07, 6.45) is 0. The molecule has 0 bridgehead atoms. The average Bonchev–Trinajstić information content (AvgIpc) is 3.11. The van der Waals surface area contributed by atoms with Gasteiger partial charge in [-0.1, -0.05) is 42.2 Å². The number of esters is 1. The fourth-order valence-electron chi connectivity index (χ4n) is 2.34. The molecular weight excluding hydrogens is 324 g/mol. The zero-order valence-corrected chi connectivity index (χ0v) is 14.4. The quantitative estimate of drug-likeness (QED) is 0.606.